The van der Waals surface area contributed by atoms with Gasteiger partial charge in [-0.1, -0.05) is 24.3 Å². The number of carboxylic acids is 1. The number of fused-ring (bicyclic) bond motifs is 1. The second-order valence-electron chi connectivity index (χ2n) is 4.78. The minimum Gasteiger partial charge on any atom is -0.478 e. The van der Waals surface area contributed by atoms with Crippen LogP contribution in [-0.2, 0) is 6.54 Å². The number of carboxylic acid groups (broad SMARTS) is 1. The third-order valence-electron chi connectivity index (χ3n) is 3.41. The summed E-state index contributed by atoms with van der Waals surface area (Å²) in [5.74, 6) is -2.76. The molecule has 0 bridgehead atoms. The van der Waals surface area contributed by atoms with Gasteiger partial charge in [-0.3, -0.25) is 4.79 Å². The molecule has 0 spiro atoms. The summed E-state index contributed by atoms with van der Waals surface area (Å²) < 4.78 is 13.4. The molecule has 1 aliphatic heterocycles. The third-order valence-corrected chi connectivity index (χ3v) is 3.41. The lowest BCUT2D eigenvalue weighted by molar-refractivity contribution is 0.0692. The summed E-state index contributed by atoms with van der Waals surface area (Å²) in [4.78, 5) is 23.5. The van der Waals surface area contributed by atoms with Gasteiger partial charge in [0.05, 0.1) is 12.1 Å². The molecule has 0 unspecified atom stereocenters. The van der Waals surface area contributed by atoms with Crippen molar-refractivity contribution < 1.29 is 19.1 Å². The molecule has 2 aromatic carbocycles. The van der Waals surface area contributed by atoms with Crippen molar-refractivity contribution in [3.05, 3.63) is 70.5 Å². The van der Waals surface area contributed by atoms with E-state index < -0.39 is 23.1 Å². The zero-order chi connectivity index (χ0) is 15.7. The van der Waals surface area contributed by atoms with Crippen LogP contribution in [0.1, 0.15) is 31.8 Å². The molecule has 0 atom stereocenters. The van der Waals surface area contributed by atoms with Crippen LogP contribution in [0.4, 0.5) is 4.39 Å². The van der Waals surface area contributed by atoms with Gasteiger partial charge >= 0.3 is 5.97 Å². The molecule has 0 aliphatic carbocycles. The van der Waals surface area contributed by atoms with Crippen molar-refractivity contribution in [3.8, 4) is 0 Å². The number of Topliss-reactive ketones (excluding diaryl/α,β-unsaturated/α-hetero) is 1. The second-order valence-corrected chi connectivity index (χ2v) is 4.78. The van der Waals surface area contributed by atoms with Crippen LogP contribution in [0, 0.1) is 5.82 Å². The largest absolute Gasteiger partial charge is 0.478 e. The first kappa shape index (κ1) is 13.9. The number of hydrogen-bond acceptors (Lipinski definition) is 4. The summed E-state index contributed by atoms with van der Waals surface area (Å²) in [6.45, 7) is 0.511. The molecule has 110 valence electrons. The Morgan fingerprint density at radius 3 is 2.73 bits per heavy atom. The SMILES string of the molecule is O=C(C1=NNCc2ccccc21)c1ccc(F)c(C(=O)O)c1. The number of aromatic carboxylic acids is 1. The van der Waals surface area contributed by atoms with E-state index in [1.807, 2.05) is 12.1 Å². The second kappa shape index (κ2) is 5.40. The molecule has 22 heavy (non-hydrogen) atoms. The number of carbonyl (C=O) groups is 2. The number of carbonyl (C=O) groups excluding carboxylic acids is 1. The van der Waals surface area contributed by atoms with Gasteiger partial charge in [-0.2, -0.15) is 5.10 Å². The van der Waals surface area contributed by atoms with E-state index in [1.54, 1.807) is 12.1 Å². The normalized spacial score (nSPS) is 12.9. The molecule has 0 radical (unpaired) electrons. The number of halogens is 1. The lowest BCUT2D eigenvalue weighted by Gasteiger charge is -2.16. The van der Waals surface area contributed by atoms with Gasteiger partial charge in [0.25, 0.3) is 0 Å². The Bertz CT molecular complexity index is 815. The highest BCUT2D eigenvalue weighted by Gasteiger charge is 2.23. The lowest BCUT2D eigenvalue weighted by Crippen LogP contribution is -2.26. The zero-order valence-corrected chi connectivity index (χ0v) is 11.3. The fraction of sp³-hybridized carbons (Fsp3) is 0.0625. The summed E-state index contributed by atoms with van der Waals surface area (Å²) in [5, 5.41) is 13.0. The quantitative estimate of drug-likeness (QED) is 0.852. The van der Waals surface area contributed by atoms with Gasteiger partial charge in [-0.25, -0.2) is 9.18 Å². The van der Waals surface area contributed by atoms with Crippen molar-refractivity contribution in [1.82, 2.24) is 5.43 Å². The smallest absolute Gasteiger partial charge is 0.338 e. The van der Waals surface area contributed by atoms with E-state index in [0.29, 0.717) is 12.1 Å². The topological polar surface area (TPSA) is 78.8 Å². The molecule has 1 aliphatic rings. The van der Waals surface area contributed by atoms with Crippen molar-refractivity contribution in [2.24, 2.45) is 5.10 Å². The van der Waals surface area contributed by atoms with Gasteiger partial charge in [-0.05, 0) is 23.8 Å². The molecule has 2 aromatic rings. The van der Waals surface area contributed by atoms with Crippen molar-refractivity contribution in [2.75, 3.05) is 0 Å². The van der Waals surface area contributed by atoms with Crippen LogP contribution in [0.3, 0.4) is 0 Å². The fourth-order valence-electron chi connectivity index (χ4n) is 2.31. The monoisotopic (exact) mass is 298 g/mol. The molecular weight excluding hydrogens is 287 g/mol. The Hall–Kier alpha value is -3.02. The zero-order valence-electron chi connectivity index (χ0n) is 11.3. The number of benzene rings is 2. The Balaban J connectivity index is 2.04. The van der Waals surface area contributed by atoms with Crippen molar-refractivity contribution in [3.63, 3.8) is 0 Å². The Kier molecular flexibility index (Phi) is 3.42. The van der Waals surface area contributed by atoms with E-state index in [9.17, 15) is 14.0 Å². The van der Waals surface area contributed by atoms with E-state index in [2.05, 4.69) is 10.5 Å². The molecule has 0 saturated carbocycles. The lowest BCUT2D eigenvalue weighted by atomic mass is 9.95. The number of rotatable bonds is 3. The first-order valence-electron chi connectivity index (χ1n) is 6.54. The van der Waals surface area contributed by atoms with E-state index in [0.717, 1.165) is 17.7 Å². The highest BCUT2D eigenvalue weighted by Crippen LogP contribution is 2.18. The number of nitrogens with one attached hydrogen (secondary N) is 1. The summed E-state index contributed by atoms with van der Waals surface area (Å²) in [7, 11) is 0. The standard InChI is InChI=1S/C16H11FN2O3/c17-13-6-5-9(7-12(13)16(21)22)15(20)14-11-4-2-1-3-10(11)8-18-19-14/h1-7,18H,8H2,(H,21,22). The van der Waals surface area contributed by atoms with Crippen molar-refractivity contribution >= 4 is 17.5 Å². The van der Waals surface area contributed by atoms with E-state index >= 15 is 0 Å². The van der Waals surface area contributed by atoms with Gasteiger partial charge in [0.2, 0.25) is 5.78 Å². The average Bonchev–Trinajstić information content (AvgIpc) is 2.54. The minimum absolute atomic E-state index is 0.0797. The van der Waals surface area contributed by atoms with E-state index in [-0.39, 0.29) is 11.3 Å². The number of hydrogen-bond donors (Lipinski definition) is 2. The van der Waals surface area contributed by atoms with Crippen LogP contribution >= 0.6 is 0 Å². The minimum atomic E-state index is -1.42. The molecule has 0 amide bonds. The summed E-state index contributed by atoms with van der Waals surface area (Å²) in [5.41, 5.74) is 4.10. The van der Waals surface area contributed by atoms with E-state index in [4.69, 9.17) is 5.11 Å². The summed E-state index contributed by atoms with van der Waals surface area (Å²) in [6.07, 6.45) is 0. The van der Waals surface area contributed by atoms with Crippen LogP contribution < -0.4 is 5.43 Å². The average molecular weight is 298 g/mol. The number of nitrogens with zero attached hydrogens (tertiary/aromatic N) is 1. The summed E-state index contributed by atoms with van der Waals surface area (Å²) in [6, 6.07) is 10.5. The van der Waals surface area contributed by atoms with Crippen molar-refractivity contribution in [1.29, 1.82) is 0 Å². The summed E-state index contributed by atoms with van der Waals surface area (Å²) >= 11 is 0. The van der Waals surface area contributed by atoms with Crippen molar-refractivity contribution in [2.45, 2.75) is 6.54 Å². The maximum Gasteiger partial charge on any atom is 0.338 e. The molecule has 3 rings (SSSR count). The third kappa shape index (κ3) is 2.35. The maximum atomic E-state index is 13.4. The van der Waals surface area contributed by atoms with Gasteiger partial charge in [0.15, 0.2) is 0 Å². The molecule has 0 aromatic heterocycles. The van der Waals surface area contributed by atoms with Crippen LogP contribution in [0.2, 0.25) is 0 Å². The molecule has 1 heterocycles. The van der Waals surface area contributed by atoms with E-state index in [1.165, 1.54) is 6.07 Å². The van der Waals surface area contributed by atoms with Gasteiger partial charge in [0, 0.05) is 11.1 Å². The highest BCUT2D eigenvalue weighted by molar-refractivity contribution is 6.51. The predicted molar refractivity (Wildman–Crippen MR) is 77.5 cm³/mol. The Morgan fingerprint density at radius 1 is 1.18 bits per heavy atom. The van der Waals surface area contributed by atoms with Gasteiger partial charge in [-0.15, -0.1) is 0 Å². The predicted octanol–water partition coefficient (Wildman–Crippen LogP) is 2.21. The number of hydrazone groups is 1. The molecule has 2 N–H and O–H groups in total. The van der Waals surface area contributed by atoms with Crippen LogP contribution in [0.5, 0.6) is 0 Å². The fourth-order valence-corrected chi connectivity index (χ4v) is 2.31. The molecule has 0 saturated heterocycles. The van der Waals surface area contributed by atoms with Gasteiger partial charge < -0.3 is 10.5 Å². The van der Waals surface area contributed by atoms with Gasteiger partial charge in [0.1, 0.15) is 11.5 Å². The molecule has 5 nitrogen and oxygen atoms in total. The van der Waals surface area contributed by atoms with Crippen LogP contribution in [0.25, 0.3) is 0 Å². The van der Waals surface area contributed by atoms with Crippen LogP contribution in [0.15, 0.2) is 47.6 Å². The molecule has 6 heteroatoms. The first-order valence-corrected chi connectivity index (χ1v) is 6.54. The van der Waals surface area contributed by atoms with Crippen LogP contribution in [-0.4, -0.2) is 22.6 Å². The number of ketones is 1. The Morgan fingerprint density at radius 2 is 1.95 bits per heavy atom. The maximum absolute atomic E-state index is 13.4. The highest BCUT2D eigenvalue weighted by atomic mass is 19.1. The first-order chi connectivity index (χ1) is 10.6. The molecule has 0 fully saturated rings. The molecular formula is C16H11FN2O3. The Labute approximate surface area is 125 Å².